The fourth-order valence-electron chi connectivity index (χ4n) is 1.36. The highest BCUT2D eigenvalue weighted by Gasteiger charge is 2.23. The lowest BCUT2D eigenvalue weighted by Crippen LogP contribution is -2.33. The van der Waals surface area contributed by atoms with Gasteiger partial charge in [-0.15, -0.1) is 0 Å². The van der Waals surface area contributed by atoms with Crippen molar-refractivity contribution in [3.8, 4) is 0 Å². The van der Waals surface area contributed by atoms with Gasteiger partial charge in [0.05, 0.1) is 11.4 Å². The van der Waals surface area contributed by atoms with Crippen molar-refractivity contribution in [1.29, 1.82) is 0 Å². The third kappa shape index (κ3) is 2.65. The van der Waals surface area contributed by atoms with Gasteiger partial charge in [-0.05, 0) is 19.1 Å². The number of fused-ring (bicyclic) bond motifs is 1. The van der Waals surface area contributed by atoms with Crippen molar-refractivity contribution in [3.63, 3.8) is 0 Å². The maximum absolute atomic E-state index is 12.1. The molecule has 0 saturated carbocycles. The quantitative estimate of drug-likeness (QED) is 0.872. The Bertz CT molecular complexity index is 609. The Hall–Kier alpha value is -0.570. The molecule has 1 N–H and O–H groups in total. The SMILES string of the molecule is CC(CBr)NS(=O)(=O)c1cccc2c1N=S=N2. The topological polar surface area (TPSA) is 70.9 Å². The summed E-state index contributed by atoms with van der Waals surface area (Å²) in [6, 6.07) is 4.76. The summed E-state index contributed by atoms with van der Waals surface area (Å²) in [5, 5.41) is 0.553. The number of alkyl halides is 1. The molecule has 2 rings (SSSR count). The summed E-state index contributed by atoms with van der Waals surface area (Å²) in [4.78, 5) is 0.177. The number of hydrogen-bond donors (Lipinski definition) is 1. The van der Waals surface area contributed by atoms with Crippen molar-refractivity contribution in [3.05, 3.63) is 18.2 Å². The Morgan fingerprint density at radius 3 is 2.94 bits per heavy atom. The van der Waals surface area contributed by atoms with Gasteiger partial charge in [-0.1, -0.05) is 22.0 Å². The highest BCUT2D eigenvalue weighted by molar-refractivity contribution is 9.09. The predicted octanol–water partition coefficient (Wildman–Crippen LogP) is 2.47. The van der Waals surface area contributed by atoms with E-state index in [0.29, 0.717) is 16.7 Å². The van der Waals surface area contributed by atoms with Crippen LogP contribution in [0.25, 0.3) is 0 Å². The Morgan fingerprint density at radius 1 is 1.47 bits per heavy atom. The van der Waals surface area contributed by atoms with Gasteiger partial charge in [0, 0.05) is 11.4 Å². The Labute approximate surface area is 112 Å². The number of hydrogen-bond acceptors (Lipinski definition) is 4. The average molecular weight is 336 g/mol. The molecule has 92 valence electrons. The number of sulfonamides is 1. The first kappa shape index (κ1) is 12.9. The van der Waals surface area contributed by atoms with E-state index in [1.165, 1.54) is 6.07 Å². The lowest BCUT2D eigenvalue weighted by molar-refractivity contribution is 0.572. The fraction of sp³-hybridized carbons (Fsp3) is 0.333. The minimum atomic E-state index is -3.54. The Morgan fingerprint density at radius 2 is 2.24 bits per heavy atom. The highest BCUT2D eigenvalue weighted by Crippen LogP contribution is 2.37. The number of rotatable bonds is 4. The van der Waals surface area contributed by atoms with Gasteiger partial charge in [0.15, 0.2) is 0 Å². The highest BCUT2D eigenvalue weighted by atomic mass is 79.9. The first-order valence-corrected chi connectivity index (χ1v) is 8.17. The lowest BCUT2D eigenvalue weighted by Gasteiger charge is -2.12. The molecule has 0 radical (unpaired) electrons. The molecule has 0 spiro atoms. The van der Waals surface area contributed by atoms with Crippen molar-refractivity contribution in [2.75, 3.05) is 5.33 Å². The Balaban J connectivity index is 2.42. The smallest absolute Gasteiger partial charge is 0.207 e. The van der Waals surface area contributed by atoms with E-state index >= 15 is 0 Å². The van der Waals surface area contributed by atoms with Crippen LogP contribution in [-0.2, 0) is 21.4 Å². The zero-order chi connectivity index (χ0) is 12.5. The van der Waals surface area contributed by atoms with Gasteiger partial charge >= 0.3 is 0 Å². The van der Waals surface area contributed by atoms with E-state index in [9.17, 15) is 8.42 Å². The van der Waals surface area contributed by atoms with Crippen LogP contribution in [0.4, 0.5) is 11.4 Å². The van der Waals surface area contributed by atoms with Crippen LogP contribution in [-0.4, -0.2) is 19.8 Å². The number of halogens is 1. The normalized spacial score (nSPS) is 15.4. The Kier molecular flexibility index (Phi) is 3.76. The summed E-state index contributed by atoms with van der Waals surface area (Å²) in [5.74, 6) is 0. The van der Waals surface area contributed by atoms with Crippen LogP contribution in [0.2, 0.25) is 0 Å². The molecule has 17 heavy (non-hydrogen) atoms. The molecule has 0 aromatic heterocycles. The van der Waals surface area contributed by atoms with E-state index in [-0.39, 0.29) is 10.9 Å². The average Bonchev–Trinajstić information content (AvgIpc) is 2.75. The molecule has 1 atom stereocenters. The van der Waals surface area contributed by atoms with Crippen LogP contribution in [0.3, 0.4) is 0 Å². The molecular weight excluding hydrogens is 326 g/mol. The van der Waals surface area contributed by atoms with Gasteiger partial charge in [0.2, 0.25) is 10.0 Å². The monoisotopic (exact) mass is 335 g/mol. The van der Waals surface area contributed by atoms with Crippen LogP contribution < -0.4 is 4.72 Å². The molecule has 0 aliphatic carbocycles. The van der Waals surface area contributed by atoms with Crippen LogP contribution in [0.15, 0.2) is 31.8 Å². The van der Waals surface area contributed by atoms with Crippen LogP contribution in [0, 0.1) is 0 Å². The van der Waals surface area contributed by atoms with Crippen molar-refractivity contribution in [2.45, 2.75) is 17.9 Å². The van der Waals surface area contributed by atoms with Crippen molar-refractivity contribution < 1.29 is 8.42 Å². The molecule has 1 aromatic rings. The molecule has 1 heterocycles. The molecule has 8 heteroatoms. The molecule has 1 aromatic carbocycles. The third-order valence-corrected chi connectivity index (χ3v) is 5.26. The predicted molar refractivity (Wildman–Crippen MR) is 71.6 cm³/mol. The number of nitrogens with one attached hydrogen (secondary N) is 1. The molecule has 1 unspecified atom stereocenters. The van der Waals surface area contributed by atoms with Crippen LogP contribution >= 0.6 is 15.9 Å². The van der Waals surface area contributed by atoms with E-state index in [4.69, 9.17) is 0 Å². The minimum absolute atomic E-state index is 0.177. The van der Waals surface area contributed by atoms with E-state index in [1.54, 1.807) is 19.1 Å². The fourth-order valence-corrected chi connectivity index (χ4v) is 3.74. The summed E-state index contributed by atoms with van der Waals surface area (Å²) < 4.78 is 34.8. The number of benzene rings is 1. The zero-order valence-electron chi connectivity index (χ0n) is 8.92. The molecule has 0 fully saturated rings. The molecule has 0 saturated heterocycles. The minimum Gasteiger partial charge on any atom is -0.207 e. The maximum atomic E-state index is 12.1. The van der Waals surface area contributed by atoms with Crippen molar-refractivity contribution in [2.24, 2.45) is 8.73 Å². The first-order valence-electron chi connectivity index (χ1n) is 4.84. The van der Waals surface area contributed by atoms with Crippen molar-refractivity contribution in [1.82, 2.24) is 4.72 Å². The molecule has 0 amide bonds. The summed E-state index contributed by atoms with van der Waals surface area (Å²) in [6.07, 6.45) is 0. The zero-order valence-corrected chi connectivity index (χ0v) is 12.1. The van der Waals surface area contributed by atoms with E-state index in [0.717, 1.165) is 11.4 Å². The standard InChI is InChI=1S/C9H10BrN3O2S2/c1-6(5-10)13-17(14,15)8-4-2-3-7-9(8)12-16-11-7/h2-4,6,13H,5H2,1H3. The summed E-state index contributed by atoms with van der Waals surface area (Å²) in [6.45, 7) is 1.78. The van der Waals surface area contributed by atoms with Crippen molar-refractivity contribution >= 4 is 48.7 Å². The van der Waals surface area contributed by atoms with Gasteiger partial charge in [0.25, 0.3) is 0 Å². The van der Waals surface area contributed by atoms with Crippen LogP contribution in [0.5, 0.6) is 0 Å². The summed E-state index contributed by atoms with van der Waals surface area (Å²) >= 11 is 4.24. The van der Waals surface area contributed by atoms with Gasteiger partial charge in [-0.25, -0.2) is 13.1 Å². The molecule has 1 aliphatic rings. The van der Waals surface area contributed by atoms with Gasteiger partial charge in [-0.3, -0.25) is 0 Å². The summed E-state index contributed by atoms with van der Waals surface area (Å²) in [7, 11) is -3.54. The molecule has 1 aliphatic heterocycles. The molecule has 5 nitrogen and oxygen atoms in total. The second kappa shape index (κ2) is 4.97. The van der Waals surface area contributed by atoms with E-state index in [2.05, 4.69) is 29.4 Å². The van der Waals surface area contributed by atoms with E-state index in [1.807, 2.05) is 0 Å². The van der Waals surface area contributed by atoms with Crippen LogP contribution in [0.1, 0.15) is 6.92 Å². The van der Waals surface area contributed by atoms with E-state index < -0.39 is 10.0 Å². The molecule has 0 bridgehead atoms. The second-order valence-corrected chi connectivity index (χ2v) is 6.42. The maximum Gasteiger partial charge on any atom is 0.243 e. The third-order valence-electron chi connectivity index (χ3n) is 2.13. The van der Waals surface area contributed by atoms with Gasteiger partial charge < -0.3 is 0 Å². The van der Waals surface area contributed by atoms with Gasteiger partial charge in [0.1, 0.15) is 16.3 Å². The number of nitrogens with zero attached hydrogens (tertiary/aromatic N) is 2. The lowest BCUT2D eigenvalue weighted by atomic mass is 10.3. The first-order chi connectivity index (χ1) is 8.04. The van der Waals surface area contributed by atoms with Gasteiger partial charge in [-0.2, -0.15) is 8.73 Å². The largest absolute Gasteiger partial charge is 0.243 e. The molecular formula is C9H10BrN3O2S2. The summed E-state index contributed by atoms with van der Waals surface area (Å²) in [5.41, 5.74) is 1.02. The second-order valence-electron chi connectivity index (χ2n) is 3.56.